The molecular weight excluding hydrogens is 220 g/mol. The third kappa shape index (κ3) is 4.21. The maximum atomic E-state index is 11.5. The Morgan fingerprint density at radius 3 is 2.29 bits per heavy atom. The molecule has 0 bridgehead atoms. The molecule has 0 amide bonds. The summed E-state index contributed by atoms with van der Waals surface area (Å²) in [5.74, 6) is -0.503. The number of hydrogen-bond acceptors (Lipinski definition) is 4. The lowest BCUT2D eigenvalue weighted by atomic mass is 9.87. The molecule has 0 N–H and O–H groups in total. The van der Waals surface area contributed by atoms with Gasteiger partial charge in [-0.2, -0.15) is 0 Å². The van der Waals surface area contributed by atoms with Crippen molar-refractivity contribution < 1.29 is 19.1 Å². The fourth-order valence-electron chi connectivity index (χ4n) is 1.93. The zero-order valence-corrected chi connectivity index (χ0v) is 10.5. The molecule has 0 atom stereocenters. The van der Waals surface area contributed by atoms with E-state index in [9.17, 15) is 9.59 Å². The molecule has 1 rings (SSSR count). The van der Waals surface area contributed by atoms with E-state index in [0.717, 1.165) is 25.7 Å². The van der Waals surface area contributed by atoms with Gasteiger partial charge in [-0.05, 0) is 39.5 Å². The molecule has 0 aromatic heterocycles. The second-order valence-electron chi connectivity index (χ2n) is 4.41. The molecule has 0 unspecified atom stereocenters. The van der Waals surface area contributed by atoms with E-state index >= 15 is 0 Å². The Morgan fingerprint density at radius 1 is 1.24 bits per heavy atom. The van der Waals surface area contributed by atoms with Crippen LogP contribution in [0.3, 0.4) is 0 Å². The van der Waals surface area contributed by atoms with Gasteiger partial charge in [0.2, 0.25) is 0 Å². The Balaban J connectivity index is 2.33. The van der Waals surface area contributed by atoms with Crippen LogP contribution in [0, 0.1) is 5.92 Å². The van der Waals surface area contributed by atoms with Crippen LogP contribution in [0.1, 0.15) is 39.5 Å². The number of esters is 2. The summed E-state index contributed by atoms with van der Waals surface area (Å²) in [6, 6.07) is 0. The minimum atomic E-state index is -0.343. The van der Waals surface area contributed by atoms with Gasteiger partial charge in [-0.15, -0.1) is 0 Å². The first kappa shape index (κ1) is 13.7. The normalized spacial score (nSPS) is 23.9. The van der Waals surface area contributed by atoms with Gasteiger partial charge < -0.3 is 9.47 Å². The highest BCUT2D eigenvalue weighted by Crippen LogP contribution is 2.27. The van der Waals surface area contributed by atoms with Gasteiger partial charge in [0.25, 0.3) is 0 Å². The number of carbonyl (C=O) groups excluding carboxylic acids is 2. The second kappa shape index (κ2) is 6.42. The lowest BCUT2D eigenvalue weighted by Gasteiger charge is -2.26. The summed E-state index contributed by atoms with van der Waals surface area (Å²) >= 11 is 0. The van der Waals surface area contributed by atoms with Crippen LogP contribution >= 0.6 is 0 Å². The Bertz CT molecular complexity index is 301. The number of carbonyl (C=O) groups is 2. The van der Waals surface area contributed by atoms with Crippen LogP contribution in [0.15, 0.2) is 12.2 Å². The van der Waals surface area contributed by atoms with E-state index < -0.39 is 0 Å². The van der Waals surface area contributed by atoms with Crippen LogP contribution in [-0.2, 0) is 19.1 Å². The minimum absolute atomic E-state index is 0.0327. The quantitative estimate of drug-likeness (QED) is 0.558. The average molecular weight is 240 g/mol. The highest BCUT2D eigenvalue weighted by molar-refractivity contribution is 5.87. The summed E-state index contributed by atoms with van der Waals surface area (Å²) in [4.78, 5) is 22.8. The minimum Gasteiger partial charge on any atom is -0.466 e. The molecule has 0 radical (unpaired) electrons. The van der Waals surface area contributed by atoms with Gasteiger partial charge in [-0.25, -0.2) is 4.79 Å². The monoisotopic (exact) mass is 240 g/mol. The van der Waals surface area contributed by atoms with Crippen LogP contribution < -0.4 is 0 Å². The Morgan fingerprint density at radius 2 is 1.82 bits per heavy atom. The second-order valence-corrected chi connectivity index (χ2v) is 4.41. The van der Waals surface area contributed by atoms with E-state index in [1.54, 1.807) is 13.8 Å². The zero-order chi connectivity index (χ0) is 12.8. The predicted octanol–water partition coefficient (Wildman–Crippen LogP) is 2.23. The molecule has 0 aliphatic heterocycles. The van der Waals surface area contributed by atoms with Gasteiger partial charge in [0.1, 0.15) is 6.10 Å². The Hall–Kier alpha value is -1.32. The molecule has 0 spiro atoms. The smallest absolute Gasteiger partial charge is 0.333 e. The first-order chi connectivity index (χ1) is 8.04. The molecule has 0 heterocycles. The first-order valence-electron chi connectivity index (χ1n) is 6.07. The lowest BCUT2D eigenvalue weighted by Crippen LogP contribution is -2.29. The van der Waals surface area contributed by atoms with Crippen LogP contribution in [0.4, 0.5) is 0 Å². The lowest BCUT2D eigenvalue weighted by molar-refractivity contribution is -0.152. The highest BCUT2D eigenvalue weighted by Gasteiger charge is 2.28. The maximum Gasteiger partial charge on any atom is 0.333 e. The predicted molar refractivity (Wildman–Crippen MR) is 63.3 cm³/mol. The molecule has 4 nitrogen and oxygen atoms in total. The van der Waals surface area contributed by atoms with E-state index in [1.165, 1.54) is 0 Å². The van der Waals surface area contributed by atoms with Gasteiger partial charge in [0.05, 0.1) is 12.5 Å². The van der Waals surface area contributed by atoms with Crippen molar-refractivity contribution >= 4 is 11.9 Å². The van der Waals surface area contributed by atoms with Crippen LogP contribution in [0.5, 0.6) is 0 Å². The van der Waals surface area contributed by atoms with Crippen LogP contribution in [0.2, 0.25) is 0 Å². The van der Waals surface area contributed by atoms with E-state index in [4.69, 9.17) is 9.47 Å². The zero-order valence-electron chi connectivity index (χ0n) is 10.5. The average Bonchev–Trinajstić information content (AvgIpc) is 2.30. The largest absolute Gasteiger partial charge is 0.466 e. The molecule has 1 fully saturated rings. The standard InChI is InChI=1S/C13H20O4/c1-4-16-13(15)10-5-7-11(8-6-10)17-12(14)9(2)3/h10-11H,2,4-8H2,1,3H3. The molecule has 0 aromatic carbocycles. The van der Waals surface area contributed by atoms with Gasteiger partial charge in [0.15, 0.2) is 0 Å². The fourth-order valence-corrected chi connectivity index (χ4v) is 1.93. The van der Waals surface area contributed by atoms with Gasteiger partial charge in [-0.1, -0.05) is 6.58 Å². The number of ether oxygens (including phenoxy) is 2. The van der Waals surface area contributed by atoms with E-state index in [1.807, 2.05) is 0 Å². The maximum absolute atomic E-state index is 11.5. The fraction of sp³-hybridized carbons (Fsp3) is 0.692. The third-order valence-corrected chi connectivity index (χ3v) is 2.92. The number of hydrogen-bond donors (Lipinski definition) is 0. The summed E-state index contributed by atoms with van der Waals surface area (Å²) < 4.78 is 10.2. The van der Waals surface area contributed by atoms with Crippen molar-refractivity contribution in [2.45, 2.75) is 45.6 Å². The summed E-state index contributed by atoms with van der Waals surface area (Å²) in [5, 5.41) is 0. The van der Waals surface area contributed by atoms with Crippen molar-refractivity contribution in [1.82, 2.24) is 0 Å². The van der Waals surface area contributed by atoms with Crippen molar-refractivity contribution in [2.75, 3.05) is 6.61 Å². The van der Waals surface area contributed by atoms with Gasteiger partial charge >= 0.3 is 11.9 Å². The van der Waals surface area contributed by atoms with Crippen molar-refractivity contribution in [3.8, 4) is 0 Å². The van der Waals surface area contributed by atoms with Crippen LogP contribution in [0.25, 0.3) is 0 Å². The summed E-state index contributed by atoms with van der Waals surface area (Å²) in [7, 11) is 0. The summed E-state index contributed by atoms with van der Waals surface area (Å²) in [5.41, 5.74) is 0.414. The third-order valence-electron chi connectivity index (χ3n) is 2.92. The summed E-state index contributed by atoms with van der Waals surface area (Å²) in [6.45, 7) is 7.39. The van der Waals surface area contributed by atoms with Crippen molar-refractivity contribution in [3.05, 3.63) is 12.2 Å². The summed E-state index contributed by atoms with van der Waals surface area (Å²) in [6.07, 6.45) is 2.83. The van der Waals surface area contributed by atoms with Crippen molar-refractivity contribution in [3.63, 3.8) is 0 Å². The molecule has 96 valence electrons. The molecule has 17 heavy (non-hydrogen) atoms. The van der Waals surface area contributed by atoms with Crippen molar-refractivity contribution in [2.24, 2.45) is 5.92 Å². The van der Waals surface area contributed by atoms with Gasteiger partial charge in [0, 0.05) is 5.57 Å². The molecule has 1 saturated carbocycles. The topological polar surface area (TPSA) is 52.6 Å². The first-order valence-corrected chi connectivity index (χ1v) is 6.07. The molecule has 4 heteroatoms. The SMILES string of the molecule is C=C(C)C(=O)OC1CCC(C(=O)OCC)CC1. The molecule has 0 saturated heterocycles. The molecular formula is C13H20O4. The van der Waals surface area contributed by atoms with Crippen LogP contribution in [-0.4, -0.2) is 24.6 Å². The van der Waals surface area contributed by atoms with Crippen molar-refractivity contribution in [1.29, 1.82) is 0 Å². The molecule has 0 aromatic rings. The Labute approximate surface area is 102 Å². The number of rotatable bonds is 4. The highest BCUT2D eigenvalue weighted by atomic mass is 16.5. The molecule has 1 aliphatic carbocycles. The Kier molecular flexibility index (Phi) is 5.19. The van der Waals surface area contributed by atoms with E-state index in [0.29, 0.717) is 12.2 Å². The molecule has 1 aliphatic rings. The van der Waals surface area contributed by atoms with E-state index in [-0.39, 0.29) is 24.0 Å². The van der Waals surface area contributed by atoms with Gasteiger partial charge in [-0.3, -0.25) is 4.79 Å². The van der Waals surface area contributed by atoms with E-state index in [2.05, 4.69) is 6.58 Å².